The molecule has 2 heterocycles. The first kappa shape index (κ1) is 10.8. The molecule has 1 aliphatic heterocycles. The molecule has 2 rings (SSSR count). The van der Waals surface area contributed by atoms with Crippen LogP contribution in [0.4, 0.5) is 5.95 Å². The highest BCUT2D eigenvalue weighted by molar-refractivity contribution is 5.34. The molecule has 1 aromatic heterocycles. The van der Waals surface area contributed by atoms with E-state index in [1.165, 1.54) is 6.42 Å². The van der Waals surface area contributed by atoms with E-state index in [-0.39, 0.29) is 0 Å². The van der Waals surface area contributed by atoms with E-state index >= 15 is 0 Å². The average Bonchev–Trinajstić information content (AvgIpc) is 2.39. The third-order valence-corrected chi connectivity index (χ3v) is 2.89. The van der Waals surface area contributed by atoms with Crippen molar-refractivity contribution in [3.63, 3.8) is 0 Å². The highest BCUT2D eigenvalue weighted by atomic mass is 15.3. The molecular weight excluding hydrogens is 202 g/mol. The summed E-state index contributed by atoms with van der Waals surface area (Å²) < 4.78 is 0. The molecule has 0 bridgehead atoms. The highest BCUT2D eigenvalue weighted by Crippen LogP contribution is 2.19. The fraction of sp³-hybridized carbons (Fsp3) is 0.545. The predicted molar refractivity (Wildman–Crippen MR) is 60.7 cm³/mol. The SMILES string of the molecule is N#Cc1ccnc(N2CCCC(CN)C2)n1. The topological polar surface area (TPSA) is 78.8 Å². The van der Waals surface area contributed by atoms with Gasteiger partial charge in [0.15, 0.2) is 0 Å². The van der Waals surface area contributed by atoms with Gasteiger partial charge in [-0.3, -0.25) is 0 Å². The smallest absolute Gasteiger partial charge is 0.226 e. The molecule has 0 radical (unpaired) electrons. The first-order chi connectivity index (χ1) is 7.83. The minimum Gasteiger partial charge on any atom is -0.340 e. The Labute approximate surface area is 94.9 Å². The molecule has 5 heteroatoms. The third-order valence-electron chi connectivity index (χ3n) is 2.89. The first-order valence-corrected chi connectivity index (χ1v) is 5.51. The standard InChI is InChI=1S/C11H15N5/c12-6-9-2-1-5-16(8-9)11-14-4-3-10(7-13)15-11/h3-4,9H,1-2,5-6,8,12H2. The van der Waals surface area contributed by atoms with Crippen LogP contribution in [0.5, 0.6) is 0 Å². The Morgan fingerprint density at radius 2 is 2.50 bits per heavy atom. The zero-order chi connectivity index (χ0) is 11.4. The van der Waals surface area contributed by atoms with E-state index in [4.69, 9.17) is 11.0 Å². The van der Waals surface area contributed by atoms with E-state index in [1.54, 1.807) is 12.3 Å². The van der Waals surface area contributed by atoms with Gasteiger partial charge >= 0.3 is 0 Å². The van der Waals surface area contributed by atoms with Gasteiger partial charge in [-0.25, -0.2) is 9.97 Å². The number of nitrogens with two attached hydrogens (primary N) is 1. The molecule has 1 atom stereocenters. The zero-order valence-corrected chi connectivity index (χ0v) is 9.13. The van der Waals surface area contributed by atoms with Crippen LogP contribution in [0.3, 0.4) is 0 Å². The van der Waals surface area contributed by atoms with Crippen molar-refractivity contribution >= 4 is 5.95 Å². The summed E-state index contributed by atoms with van der Waals surface area (Å²) in [6.07, 6.45) is 3.92. The van der Waals surface area contributed by atoms with E-state index in [1.807, 2.05) is 6.07 Å². The van der Waals surface area contributed by atoms with Crippen LogP contribution in [0, 0.1) is 17.2 Å². The number of hydrogen-bond acceptors (Lipinski definition) is 5. The van der Waals surface area contributed by atoms with Crippen LogP contribution in [0.2, 0.25) is 0 Å². The lowest BCUT2D eigenvalue weighted by Gasteiger charge is -2.32. The lowest BCUT2D eigenvalue weighted by molar-refractivity contribution is 0.419. The molecule has 1 aliphatic rings. The van der Waals surface area contributed by atoms with Crippen LogP contribution in [0.25, 0.3) is 0 Å². The third kappa shape index (κ3) is 2.28. The highest BCUT2D eigenvalue weighted by Gasteiger charge is 2.20. The number of aromatic nitrogens is 2. The first-order valence-electron chi connectivity index (χ1n) is 5.51. The molecular formula is C11H15N5. The molecule has 5 nitrogen and oxygen atoms in total. The van der Waals surface area contributed by atoms with Gasteiger partial charge in [0.1, 0.15) is 11.8 Å². The van der Waals surface area contributed by atoms with Crippen molar-refractivity contribution in [3.05, 3.63) is 18.0 Å². The van der Waals surface area contributed by atoms with Gasteiger partial charge in [0.25, 0.3) is 0 Å². The Kier molecular flexibility index (Phi) is 3.32. The summed E-state index contributed by atoms with van der Waals surface area (Å²) in [7, 11) is 0. The minimum absolute atomic E-state index is 0.417. The quantitative estimate of drug-likeness (QED) is 0.781. The van der Waals surface area contributed by atoms with Gasteiger partial charge < -0.3 is 10.6 Å². The van der Waals surface area contributed by atoms with Crippen molar-refractivity contribution < 1.29 is 0 Å². The Balaban J connectivity index is 2.14. The summed E-state index contributed by atoms with van der Waals surface area (Å²) in [5.41, 5.74) is 6.10. The van der Waals surface area contributed by atoms with E-state index in [9.17, 15) is 0 Å². The second kappa shape index (κ2) is 4.90. The Morgan fingerprint density at radius 3 is 3.25 bits per heavy atom. The zero-order valence-electron chi connectivity index (χ0n) is 9.13. The lowest BCUT2D eigenvalue weighted by atomic mass is 9.99. The van der Waals surface area contributed by atoms with E-state index in [0.29, 0.717) is 24.1 Å². The van der Waals surface area contributed by atoms with Gasteiger partial charge in [-0.05, 0) is 31.4 Å². The predicted octanol–water partition coefficient (Wildman–Crippen LogP) is 0.523. The van der Waals surface area contributed by atoms with Crippen LogP contribution in [-0.2, 0) is 0 Å². The van der Waals surface area contributed by atoms with Crippen molar-refractivity contribution in [2.45, 2.75) is 12.8 Å². The summed E-state index contributed by atoms with van der Waals surface area (Å²) in [6, 6.07) is 3.65. The largest absolute Gasteiger partial charge is 0.340 e. The number of piperidine rings is 1. The Bertz CT molecular complexity index is 398. The van der Waals surface area contributed by atoms with Gasteiger partial charge in [-0.1, -0.05) is 0 Å². The lowest BCUT2D eigenvalue weighted by Crippen LogP contribution is -2.39. The van der Waals surface area contributed by atoms with Crippen LogP contribution >= 0.6 is 0 Å². The normalized spacial score (nSPS) is 20.5. The van der Waals surface area contributed by atoms with E-state index < -0.39 is 0 Å². The van der Waals surface area contributed by atoms with Gasteiger partial charge in [0.2, 0.25) is 5.95 Å². The molecule has 1 saturated heterocycles. The maximum absolute atomic E-state index is 8.78. The second-order valence-corrected chi connectivity index (χ2v) is 4.04. The number of rotatable bonds is 2. The van der Waals surface area contributed by atoms with Gasteiger partial charge in [-0.15, -0.1) is 0 Å². The second-order valence-electron chi connectivity index (χ2n) is 4.04. The maximum Gasteiger partial charge on any atom is 0.226 e. The summed E-state index contributed by atoms with van der Waals surface area (Å²) in [5.74, 6) is 1.17. The molecule has 16 heavy (non-hydrogen) atoms. The van der Waals surface area contributed by atoms with Crippen LogP contribution in [0.15, 0.2) is 12.3 Å². The monoisotopic (exact) mass is 217 g/mol. The fourth-order valence-electron chi connectivity index (χ4n) is 2.00. The molecule has 1 unspecified atom stereocenters. The summed E-state index contributed by atoms with van der Waals surface area (Å²) in [5, 5.41) is 8.78. The summed E-state index contributed by atoms with van der Waals surface area (Å²) >= 11 is 0. The van der Waals surface area contributed by atoms with Crippen LogP contribution < -0.4 is 10.6 Å². The summed E-state index contributed by atoms with van der Waals surface area (Å²) in [6.45, 7) is 2.55. The molecule has 1 fully saturated rings. The molecule has 2 N–H and O–H groups in total. The average molecular weight is 217 g/mol. The Morgan fingerprint density at radius 1 is 1.62 bits per heavy atom. The summed E-state index contributed by atoms with van der Waals surface area (Å²) in [4.78, 5) is 10.5. The maximum atomic E-state index is 8.78. The molecule has 0 spiro atoms. The Hall–Kier alpha value is -1.67. The number of hydrogen-bond donors (Lipinski definition) is 1. The van der Waals surface area contributed by atoms with Crippen molar-refractivity contribution in [3.8, 4) is 6.07 Å². The van der Waals surface area contributed by atoms with Gasteiger partial charge in [-0.2, -0.15) is 5.26 Å². The molecule has 0 aromatic carbocycles. The molecule has 0 aliphatic carbocycles. The molecule has 0 saturated carbocycles. The van der Waals surface area contributed by atoms with Crippen molar-refractivity contribution in [2.24, 2.45) is 11.7 Å². The van der Waals surface area contributed by atoms with Crippen LogP contribution in [0.1, 0.15) is 18.5 Å². The fourth-order valence-corrected chi connectivity index (χ4v) is 2.00. The molecule has 1 aromatic rings. The molecule has 84 valence electrons. The van der Waals surface area contributed by atoms with E-state index in [0.717, 1.165) is 19.5 Å². The number of nitriles is 1. The molecule has 0 amide bonds. The van der Waals surface area contributed by atoms with Gasteiger partial charge in [0, 0.05) is 19.3 Å². The van der Waals surface area contributed by atoms with Crippen molar-refractivity contribution in [1.82, 2.24) is 9.97 Å². The number of nitrogens with zero attached hydrogens (tertiary/aromatic N) is 4. The van der Waals surface area contributed by atoms with Crippen molar-refractivity contribution in [2.75, 3.05) is 24.5 Å². The van der Waals surface area contributed by atoms with E-state index in [2.05, 4.69) is 14.9 Å². The minimum atomic E-state index is 0.417. The van der Waals surface area contributed by atoms with Crippen LogP contribution in [-0.4, -0.2) is 29.6 Å². The van der Waals surface area contributed by atoms with Gasteiger partial charge in [0.05, 0.1) is 0 Å². The van der Waals surface area contributed by atoms with Crippen molar-refractivity contribution in [1.29, 1.82) is 5.26 Å². The number of anilines is 1.